The first-order valence-corrected chi connectivity index (χ1v) is 6.57. The highest BCUT2D eigenvalue weighted by atomic mass is 16.5. The molecule has 0 aliphatic heterocycles. The molecule has 98 valence electrons. The maximum Gasteiger partial charge on any atom is 0.158 e. The Morgan fingerprint density at radius 2 is 1.62 bits per heavy atom. The van der Waals surface area contributed by atoms with Gasteiger partial charge in [-0.1, -0.05) is 52.4 Å². The van der Waals surface area contributed by atoms with Gasteiger partial charge in [0.2, 0.25) is 0 Å². The third-order valence-electron chi connectivity index (χ3n) is 3.31. The van der Waals surface area contributed by atoms with Crippen LogP contribution in [0.1, 0.15) is 58.8 Å². The van der Waals surface area contributed by atoms with Gasteiger partial charge in [-0.05, 0) is 13.5 Å². The van der Waals surface area contributed by atoms with E-state index in [0.717, 1.165) is 12.8 Å². The van der Waals surface area contributed by atoms with Crippen molar-refractivity contribution < 1.29 is 10.2 Å². The normalized spacial score (nSPS) is 15.4. The molecule has 1 atom stereocenters. The van der Waals surface area contributed by atoms with E-state index in [0.29, 0.717) is 6.54 Å². The van der Waals surface area contributed by atoms with Crippen LogP contribution in [0.15, 0.2) is 0 Å². The van der Waals surface area contributed by atoms with Crippen LogP contribution in [0.3, 0.4) is 0 Å². The Morgan fingerprint density at radius 1 is 1.06 bits per heavy atom. The van der Waals surface area contributed by atoms with E-state index in [4.69, 9.17) is 0 Å². The van der Waals surface area contributed by atoms with E-state index in [1.54, 1.807) is 0 Å². The molecule has 0 aliphatic carbocycles. The zero-order valence-electron chi connectivity index (χ0n) is 11.1. The smallest absolute Gasteiger partial charge is 0.158 e. The minimum atomic E-state index is -1.23. The Balaban J connectivity index is 3.68. The molecule has 0 rings (SSSR count). The molecule has 0 saturated heterocycles. The predicted molar refractivity (Wildman–Crippen MR) is 68.3 cm³/mol. The molecule has 16 heavy (non-hydrogen) atoms. The fraction of sp³-hybridized carbons (Fsp3) is 1.00. The van der Waals surface area contributed by atoms with Gasteiger partial charge in [0, 0.05) is 12.0 Å². The Hall–Kier alpha value is -0.120. The van der Waals surface area contributed by atoms with Crippen molar-refractivity contribution >= 4 is 0 Å². The van der Waals surface area contributed by atoms with Crippen LogP contribution in [-0.2, 0) is 0 Å². The second kappa shape index (κ2) is 8.97. The first-order valence-electron chi connectivity index (χ1n) is 6.57. The molecule has 0 bridgehead atoms. The van der Waals surface area contributed by atoms with Crippen molar-refractivity contribution in [2.45, 2.75) is 65.1 Å². The summed E-state index contributed by atoms with van der Waals surface area (Å²) >= 11 is 0. The molecular formula is C13H29NO2. The van der Waals surface area contributed by atoms with Gasteiger partial charge in [0.05, 0.1) is 0 Å². The van der Waals surface area contributed by atoms with Crippen LogP contribution in [0.5, 0.6) is 0 Å². The van der Waals surface area contributed by atoms with E-state index in [-0.39, 0.29) is 0 Å². The summed E-state index contributed by atoms with van der Waals surface area (Å²) in [7, 11) is 1.85. The summed E-state index contributed by atoms with van der Waals surface area (Å²) in [5.41, 5.74) is -0.403. The Bertz CT molecular complexity index is 162. The summed E-state index contributed by atoms with van der Waals surface area (Å²) in [6.45, 7) is 4.80. The molecule has 3 heteroatoms. The molecule has 0 aromatic rings. The summed E-state index contributed by atoms with van der Waals surface area (Å²) in [5.74, 6) is 0. The van der Waals surface area contributed by atoms with Gasteiger partial charge in [-0.3, -0.25) is 0 Å². The summed E-state index contributed by atoms with van der Waals surface area (Å²) in [4.78, 5) is 0. The Labute approximate surface area is 100 Å². The van der Waals surface area contributed by atoms with Gasteiger partial charge in [-0.15, -0.1) is 0 Å². The van der Waals surface area contributed by atoms with E-state index >= 15 is 0 Å². The quantitative estimate of drug-likeness (QED) is 0.399. The van der Waals surface area contributed by atoms with Crippen molar-refractivity contribution in [2.75, 3.05) is 13.6 Å². The highest BCUT2D eigenvalue weighted by Gasteiger charge is 2.30. The Morgan fingerprint density at radius 3 is 2.12 bits per heavy atom. The lowest BCUT2D eigenvalue weighted by Crippen LogP contribution is -2.40. The SMILES string of the molecule is CCCCCCCCC(C)(CNC)C(O)O. The van der Waals surface area contributed by atoms with Crippen LogP contribution in [0.2, 0.25) is 0 Å². The minimum absolute atomic E-state index is 0.403. The molecule has 0 heterocycles. The highest BCUT2D eigenvalue weighted by Crippen LogP contribution is 2.27. The predicted octanol–water partition coefficient (Wildman–Crippen LogP) is 2.27. The molecule has 0 saturated carbocycles. The second-order valence-electron chi connectivity index (χ2n) is 5.08. The fourth-order valence-corrected chi connectivity index (χ4v) is 2.02. The monoisotopic (exact) mass is 231 g/mol. The summed E-state index contributed by atoms with van der Waals surface area (Å²) in [5, 5.41) is 21.7. The molecule has 3 nitrogen and oxygen atoms in total. The lowest BCUT2D eigenvalue weighted by Gasteiger charge is -2.31. The average Bonchev–Trinajstić information content (AvgIpc) is 2.23. The number of rotatable bonds is 10. The van der Waals surface area contributed by atoms with Gasteiger partial charge in [0.25, 0.3) is 0 Å². The average molecular weight is 231 g/mol. The second-order valence-corrected chi connectivity index (χ2v) is 5.08. The summed E-state index contributed by atoms with van der Waals surface area (Å²) < 4.78 is 0. The van der Waals surface area contributed by atoms with E-state index in [2.05, 4.69) is 12.2 Å². The zero-order valence-corrected chi connectivity index (χ0v) is 11.1. The first kappa shape index (κ1) is 15.9. The third kappa shape index (κ3) is 6.46. The fourth-order valence-electron chi connectivity index (χ4n) is 2.02. The van der Waals surface area contributed by atoms with E-state index in [1.807, 2.05) is 14.0 Å². The number of aliphatic hydroxyl groups is 2. The lowest BCUT2D eigenvalue weighted by atomic mass is 9.83. The molecule has 0 spiro atoms. The number of unbranched alkanes of at least 4 members (excludes halogenated alkanes) is 5. The van der Waals surface area contributed by atoms with Gasteiger partial charge < -0.3 is 15.5 Å². The number of hydrogen-bond donors (Lipinski definition) is 3. The molecule has 0 fully saturated rings. The molecule has 0 aromatic heterocycles. The molecule has 3 N–H and O–H groups in total. The van der Waals surface area contributed by atoms with Crippen LogP contribution in [0.25, 0.3) is 0 Å². The maximum atomic E-state index is 9.36. The molecule has 1 unspecified atom stereocenters. The number of nitrogens with one attached hydrogen (secondary N) is 1. The summed E-state index contributed by atoms with van der Waals surface area (Å²) in [6, 6.07) is 0. The topological polar surface area (TPSA) is 52.5 Å². The van der Waals surface area contributed by atoms with Crippen LogP contribution < -0.4 is 5.32 Å². The maximum absolute atomic E-state index is 9.36. The molecule has 0 radical (unpaired) electrons. The summed E-state index contributed by atoms with van der Waals surface area (Å²) in [6.07, 6.45) is 7.09. The molecular weight excluding hydrogens is 202 g/mol. The van der Waals surface area contributed by atoms with Crippen molar-refractivity contribution in [2.24, 2.45) is 5.41 Å². The first-order chi connectivity index (χ1) is 7.56. The van der Waals surface area contributed by atoms with Crippen LogP contribution in [0.4, 0.5) is 0 Å². The van der Waals surface area contributed by atoms with Crippen molar-refractivity contribution in [1.82, 2.24) is 5.32 Å². The van der Waals surface area contributed by atoms with Crippen LogP contribution in [0, 0.1) is 5.41 Å². The van der Waals surface area contributed by atoms with Gasteiger partial charge in [0.1, 0.15) is 0 Å². The minimum Gasteiger partial charge on any atom is -0.368 e. The zero-order chi connectivity index (χ0) is 12.4. The van der Waals surface area contributed by atoms with Crippen molar-refractivity contribution in [3.63, 3.8) is 0 Å². The number of aliphatic hydroxyl groups excluding tert-OH is 1. The van der Waals surface area contributed by atoms with Gasteiger partial charge in [-0.25, -0.2) is 0 Å². The largest absolute Gasteiger partial charge is 0.368 e. The lowest BCUT2D eigenvalue weighted by molar-refractivity contribution is -0.130. The number of hydrogen-bond acceptors (Lipinski definition) is 3. The van der Waals surface area contributed by atoms with E-state index in [9.17, 15) is 10.2 Å². The molecule has 0 aromatic carbocycles. The van der Waals surface area contributed by atoms with E-state index in [1.165, 1.54) is 32.1 Å². The van der Waals surface area contributed by atoms with E-state index < -0.39 is 11.7 Å². The molecule has 0 amide bonds. The van der Waals surface area contributed by atoms with Crippen LogP contribution >= 0.6 is 0 Å². The third-order valence-corrected chi connectivity index (χ3v) is 3.31. The highest BCUT2D eigenvalue weighted by molar-refractivity contribution is 4.78. The van der Waals surface area contributed by atoms with Crippen molar-refractivity contribution in [3.8, 4) is 0 Å². The Kier molecular flexibility index (Phi) is 8.90. The molecule has 0 aliphatic rings. The van der Waals surface area contributed by atoms with Crippen LogP contribution in [-0.4, -0.2) is 30.1 Å². The standard InChI is InChI=1S/C13H29NO2/c1-4-5-6-7-8-9-10-13(2,11-14-3)12(15)16/h12,14-16H,4-11H2,1-3H3. The van der Waals surface area contributed by atoms with Crippen molar-refractivity contribution in [3.05, 3.63) is 0 Å². The van der Waals surface area contributed by atoms with Gasteiger partial charge in [-0.2, -0.15) is 0 Å². The van der Waals surface area contributed by atoms with Gasteiger partial charge >= 0.3 is 0 Å². The van der Waals surface area contributed by atoms with Gasteiger partial charge in [0.15, 0.2) is 6.29 Å². The van der Waals surface area contributed by atoms with Crippen molar-refractivity contribution in [1.29, 1.82) is 0 Å².